The maximum Gasteiger partial charge on any atom is -0.0184 e. The molecule has 0 radical (unpaired) electrons. The molecular weight excluding hydrogens is 168 g/mol. The second kappa shape index (κ2) is 5.98. The van der Waals surface area contributed by atoms with Crippen LogP contribution < -0.4 is 0 Å². The van der Waals surface area contributed by atoms with Gasteiger partial charge in [-0.05, 0) is 25.0 Å². The second-order valence-electron chi connectivity index (χ2n) is 3.01. The summed E-state index contributed by atoms with van der Waals surface area (Å²) in [6.45, 7) is 4.06. The summed E-state index contributed by atoms with van der Waals surface area (Å²) in [5.41, 5.74) is 2.50. The topological polar surface area (TPSA) is 0 Å². The molecule has 0 saturated heterocycles. The number of benzene rings is 1. The van der Waals surface area contributed by atoms with Gasteiger partial charge in [0.15, 0.2) is 0 Å². The quantitative estimate of drug-likeness (QED) is 0.617. The molecule has 1 aromatic rings. The first-order valence-electron chi connectivity index (χ1n) is 4.89. The van der Waals surface area contributed by atoms with Gasteiger partial charge < -0.3 is 0 Å². The van der Waals surface area contributed by atoms with E-state index in [9.17, 15) is 0 Å². The first kappa shape index (κ1) is 10.5. The molecule has 0 aliphatic heterocycles. The van der Waals surface area contributed by atoms with Gasteiger partial charge in [-0.2, -0.15) is 0 Å². The van der Waals surface area contributed by atoms with E-state index in [1.807, 2.05) is 26.0 Å². The van der Waals surface area contributed by atoms with Gasteiger partial charge in [0.05, 0.1) is 0 Å². The second-order valence-corrected chi connectivity index (χ2v) is 3.01. The fourth-order valence-corrected chi connectivity index (χ4v) is 1.26. The summed E-state index contributed by atoms with van der Waals surface area (Å²) in [5, 5.41) is 0. The molecule has 0 spiro atoms. The maximum absolute atomic E-state index is 2.12. The molecule has 0 saturated carbocycles. The van der Waals surface area contributed by atoms with Gasteiger partial charge in [-0.3, -0.25) is 0 Å². The molecular formula is C14H16. The van der Waals surface area contributed by atoms with Crippen molar-refractivity contribution in [2.45, 2.75) is 13.8 Å². The molecule has 1 aromatic carbocycles. The van der Waals surface area contributed by atoms with Gasteiger partial charge in [-0.1, -0.05) is 60.7 Å². The molecule has 72 valence electrons. The van der Waals surface area contributed by atoms with E-state index in [1.165, 1.54) is 11.1 Å². The van der Waals surface area contributed by atoms with Gasteiger partial charge in [0.25, 0.3) is 0 Å². The first-order chi connectivity index (χ1) is 6.88. The molecule has 0 amide bonds. The SMILES string of the molecule is C\C=C/C=C(\C=C/C)c1ccccc1. The normalized spacial score (nSPS) is 12.9. The molecule has 0 atom stereocenters. The van der Waals surface area contributed by atoms with E-state index >= 15 is 0 Å². The molecule has 0 aliphatic carbocycles. The van der Waals surface area contributed by atoms with Crippen LogP contribution in [-0.2, 0) is 0 Å². The summed E-state index contributed by atoms with van der Waals surface area (Å²) < 4.78 is 0. The van der Waals surface area contributed by atoms with Crippen LogP contribution in [-0.4, -0.2) is 0 Å². The van der Waals surface area contributed by atoms with E-state index in [-0.39, 0.29) is 0 Å². The number of allylic oxidation sites excluding steroid dienone is 6. The van der Waals surface area contributed by atoms with Crippen LogP contribution >= 0.6 is 0 Å². The zero-order valence-electron chi connectivity index (χ0n) is 8.77. The molecule has 0 fully saturated rings. The lowest BCUT2D eigenvalue weighted by atomic mass is 10.1. The van der Waals surface area contributed by atoms with Gasteiger partial charge >= 0.3 is 0 Å². The third-order valence-electron chi connectivity index (χ3n) is 1.92. The van der Waals surface area contributed by atoms with Crippen LogP contribution in [0.1, 0.15) is 19.4 Å². The minimum Gasteiger partial charge on any atom is -0.0876 e. The van der Waals surface area contributed by atoms with E-state index in [0.29, 0.717) is 0 Å². The van der Waals surface area contributed by atoms with Crippen molar-refractivity contribution < 1.29 is 0 Å². The Hall–Kier alpha value is -1.56. The van der Waals surface area contributed by atoms with Crippen molar-refractivity contribution in [1.82, 2.24) is 0 Å². The molecule has 0 bridgehead atoms. The molecule has 0 heteroatoms. The molecule has 0 unspecified atom stereocenters. The third-order valence-corrected chi connectivity index (χ3v) is 1.92. The lowest BCUT2D eigenvalue weighted by Crippen LogP contribution is -1.78. The number of hydrogen-bond acceptors (Lipinski definition) is 0. The summed E-state index contributed by atoms with van der Waals surface area (Å²) in [4.78, 5) is 0. The van der Waals surface area contributed by atoms with Crippen molar-refractivity contribution in [3.05, 3.63) is 66.3 Å². The molecule has 0 N–H and O–H groups in total. The largest absolute Gasteiger partial charge is 0.0876 e. The Labute approximate surface area is 86.3 Å². The summed E-state index contributed by atoms with van der Waals surface area (Å²) in [6, 6.07) is 10.4. The van der Waals surface area contributed by atoms with Crippen LogP contribution in [0, 0.1) is 0 Å². The monoisotopic (exact) mass is 184 g/mol. The van der Waals surface area contributed by atoms with Crippen LogP contribution in [0.2, 0.25) is 0 Å². The fourth-order valence-electron chi connectivity index (χ4n) is 1.26. The standard InChI is InChI=1S/C14H16/c1-3-5-10-13(9-4-2)14-11-7-6-8-12-14/h3-12H,1-2H3/b5-3-,9-4-,13-10+. The van der Waals surface area contributed by atoms with Crippen molar-refractivity contribution in [3.8, 4) is 0 Å². The van der Waals surface area contributed by atoms with Gasteiger partial charge in [-0.25, -0.2) is 0 Å². The molecule has 0 aliphatic rings. The van der Waals surface area contributed by atoms with Gasteiger partial charge in [0, 0.05) is 0 Å². The van der Waals surface area contributed by atoms with Gasteiger partial charge in [0.1, 0.15) is 0 Å². The smallest absolute Gasteiger partial charge is 0.0184 e. The number of rotatable bonds is 3. The Kier molecular flexibility index (Phi) is 4.49. The fraction of sp³-hybridized carbons (Fsp3) is 0.143. The summed E-state index contributed by atoms with van der Waals surface area (Å²) in [7, 11) is 0. The minimum atomic E-state index is 1.24. The molecule has 1 rings (SSSR count). The highest BCUT2D eigenvalue weighted by molar-refractivity contribution is 5.74. The predicted octanol–water partition coefficient (Wildman–Crippen LogP) is 4.22. The molecule has 0 aromatic heterocycles. The van der Waals surface area contributed by atoms with E-state index in [2.05, 4.69) is 48.6 Å². The summed E-state index contributed by atoms with van der Waals surface area (Å²) >= 11 is 0. The van der Waals surface area contributed by atoms with Crippen molar-refractivity contribution >= 4 is 5.57 Å². The van der Waals surface area contributed by atoms with Crippen molar-refractivity contribution in [2.75, 3.05) is 0 Å². The van der Waals surface area contributed by atoms with E-state index in [0.717, 1.165) is 0 Å². The minimum absolute atomic E-state index is 1.24. The van der Waals surface area contributed by atoms with Gasteiger partial charge in [0.2, 0.25) is 0 Å². The number of hydrogen-bond donors (Lipinski definition) is 0. The van der Waals surface area contributed by atoms with E-state index in [4.69, 9.17) is 0 Å². The van der Waals surface area contributed by atoms with Crippen LogP contribution in [0.3, 0.4) is 0 Å². The maximum atomic E-state index is 2.12. The van der Waals surface area contributed by atoms with Crippen LogP contribution in [0.15, 0.2) is 60.7 Å². The van der Waals surface area contributed by atoms with E-state index < -0.39 is 0 Å². The Balaban J connectivity index is 3.00. The van der Waals surface area contributed by atoms with Crippen LogP contribution in [0.5, 0.6) is 0 Å². The summed E-state index contributed by atoms with van der Waals surface area (Å²) in [5.74, 6) is 0. The van der Waals surface area contributed by atoms with Crippen molar-refractivity contribution in [2.24, 2.45) is 0 Å². The van der Waals surface area contributed by atoms with Crippen LogP contribution in [0.25, 0.3) is 5.57 Å². The summed E-state index contributed by atoms with van der Waals surface area (Å²) in [6.07, 6.45) is 10.4. The van der Waals surface area contributed by atoms with Crippen molar-refractivity contribution in [3.63, 3.8) is 0 Å². The average molecular weight is 184 g/mol. The molecule has 14 heavy (non-hydrogen) atoms. The Morgan fingerprint density at radius 3 is 2.29 bits per heavy atom. The zero-order chi connectivity index (χ0) is 10.2. The third kappa shape index (κ3) is 3.06. The van der Waals surface area contributed by atoms with E-state index in [1.54, 1.807) is 0 Å². The Bertz CT molecular complexity index is 340. The van der Waals surface area contributed by atoms with Gasteiger partial charge in [-0.15, -0.1) is 0 Å². The first-order valence-corrected chi connectivity index (χ1v) is 4.89. The molecule has 0 heterocycles. The highest BCUT2D eigenvalue weighted by Crippen LogP contribution is 2.15. The lowest BCUT2D eigenvalue weighted by Gasteiger charge is -2.00. The average Bonchev–Trinajstić information content (AvgIpc) is 2.25. The Morgan fingerprint density at radius 2 is 1.71 bits per heavy atom. The van der Waals surface area contributed by atoms with Crippen molar-refractivity contribution in [1.29, 1.82) is 0 Å². The van der Waals surface area contributed by atoms with Crippen LogP contribution in [0.4, 0.5) is 0 Å². The lowest BCUT2D eigenvalue weighted by molar-refractivity contribution is 1.60. The predicted molar refractivity (Wildman–Crippen MR) is 64.0 cm³/mol. The Morgan fingerprint density at radius 1 is 1.00 bits per heavy atom. The molecule has 0 nitrogen and oxygen atoms in total. The highest BCUT2D eigenvalue weighted by atomic mass is 14.0. The zero-order valence-corrected chi connectivity index (χ0v) is 8.77. The highest BCUT2D eigenvalue weighted by Gasteiger charge is 1.93.